The predicted molar refractivity (Wildman–Crippen MR) is 47.1 cm³/mol. The molecule has 0 radical (unpaired) electrons. The van der Waals surface area contributed by atoms with Crippen LogP contribution in [0.5, 0.6) is 0 Å². The molecule has 0 amide bonds. The monoisotopic (exact) mass is 141 g/mol. The van der Waals surface area contributed by atoms with Crippen molar-refractivity contribution in [1.82, 2.24) is 5.32 Å². The predicted octanol–water partition coefficient (Wildman–Crippen LogP) is 2.20. The zero-order chi connectivity index (χ0) is 7.82. The summed E-state index contributed by atoms with van der Waals surface area (Å²) in [5.74, 6) is 0.782. The van der Waals surface area contributed by atoms with Crippen LogP contribution in [-0.2, 0) is 0 Å². The second-order valence-corrected chi connectivity index (χ2v) is 2.40. The van der Waals surface area contributed by atoms with Crippen LogP contribution in [0.25, 0.3) is 0 Å². The Morgan fingerprint density at radius 1 is 1.40 bits per heavy atom. The lowest BCUT2D eigenvalue weighted by Gasteiger charge is -1.99. The highest BCUT2D eigenvalue weighted by molar-refractivity contribution is 4.90. The zero-order valence-corrected chi connectivity index (χ0v) is 7.35. The van der Waals surface area contributed by atoms with Crippen LogP contribution in [0.3, 0.4) is 0 Å². The van der Waals surface area contributed by atoms with Gasteiger partial charge in [0, 0.05) is 6.54 Å². The zero-order valence-electron chi connectivity index (χ0n) is 7.35. The van der Waals surface area contributed by atoms with Crippen molar-refractivity contribution in [2.75, 3.05) is 13.1 Å². The molecule has 0 aliphatic carbocycles. The molecule has 1 N–H and O–H groups in total. The maximum absolute atomic E-state index is 3.29. The van der Waals surface area contributed by atoms with Gasteiger partial charge in [-0.15, -0.1) is 0 Å². The standard InChI is InChI=1S/C7H13N.C2H6/c1-7-3-2-5-8-6-4-7;1-2/h2-3,7-8H,4-6H2,1H3;1-2H3. The van der Waals surface area contributed by atoms with Crippen molar-refractivity contribution in [3.05, 3.63) is 12.2 Å². The molecule has 1 heteroatoms. The van der Waals surface area contributed by atoms with Gasteiger partial charge in [0.25, 0.3) is 0 Å². The number of hydrogen-bond acceptors (Lipinski definition) is 1. The van der Waals surface area contributed by atoms with Gasteiger partial charge in [-0.25, -0.2) is 0 Å². The van der Waals surface area contributed by atoms with Crippen molar-refractivity contribution >= 4 is 0 Å². The SMILES string of the molecule is CC.CC1C=CCNCC1. The number of rotatable bonds is 0. The first-order chi connectivity index (χ1) is 4.89. The Bertz CT molecular complexity index is 86.7. The van der Waals surface area contributed by atoms with Gasteiger partial charge < -0.3 is 5.32 Å². The smallest absolute Gasteiger partial charge is 0.0134 e. The summed E-state index contributed by atoms with van der Waals surface area (Å²) in [6.45, 7) is 8.49. The maximum Gasteiger partial charge on any atom is 0.0134 e. The molecular formula is C9H19N. The van der Waals surface area contributed by atoms with E-state index in [1.807, 2.05) is 13.8 Å². The van der Waals surface area contributed by atoms with Gasteiger partial charge in [0.05, 0.1) is 0 Å². The Balaban J connectivity index is 0.000000371. The normalized spacial score (nSPS) is 24.5. The number of allylic oxidation sites excluding steroid dienone is 1. The molecule has 1 aliphatic heterocycles. The maximum atomic E-state index is 3.29. The largest absolute Gasteiger partial charge is 0.313 e. The van der Waals surface area contributed by atoms with Crippen molar-refractivity contribution in [2.45, 2.75) is 27.2 Å². The highest BCUT2D eigenvalue weighted by atomic mass is 14.8. The van der Waals surface area contributed by atoms with Crippen molar-refractivity contribution in [2.24, 2.45) is 5.92 Å². The highest BCUT2D eigenvalue weighted by Gasteiger charge is 1.97. The van der Waals surface area contributed by atoms with Crippen LogP contribution >= 0.6 is 0 Å². The Kier molecular flexibility index (Phi) is 6.61. The molecule has 1 heterocycles. The van der Waals surface area contributed by atoms with Crippen molar-refractivity contribution in [3.63, 3.8) is 0 Å². The van der Waals surface area contributed by atoms with Crippen LogP contribution in [0.15, 0.2) is 12.2 Å². The lowest BCUT2D eigenvalue weighted by Crippen LogP contribution is -2.13. The Labute approximate surface area is 64.5 Å². The second-order valence-electron chi connectivity index (χ2n) is 2.40. The molecule has 0 saturated carbocycles. The van der Waals surface area contributed by atoms with Crippen LogP contribution in [-0.4, -0.2) is 13.1 Å². The molecule has 0 aromatic heterocycles. The van der Waals surface area contributed by atoms with E-state index in [0.717, 1.165) is 12.5 Å². The van der Waals surface area contributed by atoms with E-state index in [4.69, 9.17) is 0 Å². The van der Waals surface area contributed by atoms with Crippen molar-refractivity contribution < 1.29 is 0 Å². The van der Waals surface area contributed by atoms with Crippen LogP contribution < -0.4 is 5.32 Å². The van der Waals surface area contributed by atoms with Gasteiger partial charge in [0.1, 0.15) is 0 Å². The second kappa shape index (κ2) is 6.81. The lowest BCUT2D eigenvalue weighted by atomic mass is 10.1. The van der Waals surface area contributed by atoms with Crippen molar-refractivity contribution in [3.8, 4) is 0 Å². The average molecular weight is 141 g/mol. The van der Waals surface area contributed by atoms with E-state index in [-0.39, 0.29) is 0 Å². The summed E-state index contributed by atoms with van der Waals surface area (Å²) in [5, 5.41) is 3.29. The summed E-state index contributed by atoms with van der Waals surface area (Å²) in [5.41, 5.74) is 0. The van der Waals surface area contributed by atoms with Gasteiger partial charge in [-0.1, -0.05) is 32.9 Å². The summed E-state index contributed by atoms with van der Waals surface area (Å²) in [7, 11) is 0. The third-order valence-corrected chi connectivity index (χ3v) is 1.50. The van der Waals surface area contributed by atoms with Crippen LogP contribution in [0.4, 0.5) is 0 Å². The summed E-state index contributed by atoms with van der Waals surface area (Å²) in [6, 6.07) is 0. The topological polar surface area (TPSA) is 12.0 Å². The van der Waals surface area contributed by atoms with E-state index < -0.39 is 0 Å². The molecule has 0 aromatic carbocycles. The molecule has 1 unspecified atom stereocenters. The fraction of sp³-hybridized carbons (Fsp3) is 0.778. The molecule has 0 saturated heterocycles. The first kappa shape index (κ1) is 9.70. The molecule has 1 aliphatic rings. The van der Waals surface area contributed by atoms with E-state index in [1.54, 1.807) is 0 Å². The van der Waals surface area contributed by atoms with Gasteiger partial charge in [-0.05, 0) is 18.9 Å². The summed E-state index contributed by atoms with van der Waals surface area (Å²) in [6.07, 6.45) is 5.77. The summed E-state index contributed by atoms with van der Waals surface area (Å²) >= 11 is 0. The van der Waals surface area contributed by atoms with Gasteiger partial charge in [0.15, 0.2) is 0 Å². The lowest BCUT2D eigenvalue weighted by molar-refractivity contribution is 0.617. The molecule has 1 rings (SSSR count). The first-order valence-corrected chi connectivity index (χ1v) is 4.27. The highest BCUT2D eigenvalue weighted by Crippen LogP contribution is 2.03. The van der Waals surface area contributed by atoms with E-state index in [9.17, 15) is 0 Å². The third-order valence-electron chi connectivity index (χ3n) is 1.50. The fourth-order valence-electron chi connectivity index (χ4n) is 0.912. The summed E-state index contributed by atoms with van der Waals surface area (Å²) < 4.78 is 0. The Hall–Kier alpha value is -0.300. The quantitative estimate of drug-likeness (QED) is 0.510. The van der Waals surface area contributed by atoms with E-state index >= 15 is 0 Å². The minimum atomic E-state index is 0.782. The van der Waals surface area contributed by atoms with Crippen LogP contribution in [0.1, 0.15) is 27.2 Å². The molecule has 60 valence electrons. The minimum absolute atomic E-state index is 0.782. The van der Waals surface area contributed by atoms with Crippen LogP contribution in [0, 0.1) is 5.92 Å². The molecule has 1 nitrogen and oxygen atoms in total. The number of hydrogen-bond donors (Lipinski definition) is 1. The van der Waals surface area contributed by atoms with E-state index in [0.29, 0.717) is 0 Å². The van der Waals surface area contributed by atoms with Gasteiger partial charge in [0.2, 0.25) is 0 Å². The molecular weight excluding hydrogens is 122 g/mol. The number of nitrogens with one attached hydrogen (secondary N) is 1. The minimum Gasteiger partial charge on any atom is -0.313 e. The summed E-state index contributed by atoms with van der Waals surface area (Å²) in [4.78, 5) is 0. The van der Waals surface area contributed by atoms with Crippen molar-refractivity contribution in [1.29, 1.82) is 0 Å². The van der Waals surface area contributed by atoms with E-state index in [1.165, 1.54) is 13.0 Å². The fourth-order valence-corrected chi connectivity index (χ4v) is 0.912. The molecule has 0 bridgehead atoms. The Morgan fingerprint density at radius 3 is 2.80 bits per heavy atom. The average Bonchev–Trinajstić information content (AvgIpc) is 2.21. The van der Waals surface area contributed by atoms with Gasteiger partial charge in [-0.3, -0.25) is 0 Å². The molecule has 10 heavy (non-hydrogen) atoms. The van der Waals surface area contributed by atoms with E-state index in [2.05, 4.69) is 24.4 Å². The molecule has 0 aromatic rings. The third kappa shape index (κ3) is 4.57. The van der Waals surface area contributed by atoms with Gasteiger partial charge >= 0.3 is 0 Å². The first-order valence-electron chi connectivity index (χ1n) is 4.27. The van der Waals surface area contributed by atoms with Gasteiger partial charge in [-0.2, -0.15) is 0 Å². The molecule has 0 fully saturated rings. The molecule has 1 atom stereocenters. The van der Waals surface area contributed by atoms with Crippen LogP contribution in [0.2, 0.25) is 0 Å². The Morgan fingerprint density at radius 2 is 2.10 bits per heavy atom. The molecule has 0 spiro atoms.